The van der Waals surface area contributed by atoms with Gasteiger partial charge in [-0.1, -0.05) is 41.4 Å². The Balaban J connectivity index is 2.37. The Bertz CT molecular complexity index is 857. The molecule has 1 heterocycles. The van der Waals surface area contributed by atoms with Crippen LogP contribution in [0.1, 0.15) is 11.4 Å². The van der Waals surface area contributed by atoms with Crippen LogP contribution in [0, 0.1) is 19.7 Å². The van der Waals surface area contributed by atoms with Crippen molar-refractivity contribution in [1.82, 2.24) is 10.2 Å². The number of hydrogen-bond donors (Lipinski definition) is 0. The third kappa shape index (κ3) is 2.94. The summed E-state index contributed by atoms with van der Waals surface area (Å²) in [7, 11) is 0. The van der Waals surface area contributed by atoms with Crippen molar-refractivity contribution in [3.63, 3.8) is 0 Å². The highest BCUT2D eigenvalue weighted by atomic mass is 35.5. The van der Waals surface area contributed by atoms with Gasteiger partial charge in [0.05, 0.1) is 16.4 Å². The Morgan fingerprint density at radius 2 is 1.39 bits per heavy atom. The number of aryl methyl sites for hydroxylation is 2. The molecule has 0 saturated heterocycles. The van der Waals surface area contributed by atoms with Gasteiger partial charge in [0.1, 0.15) is 5.82 Å². The summed E-state index contributed by atoms with van der Waals surface area (Å²) < 4.78 is 14.5. The quantitative estimate of drug-likeness (QED) is 0.579. The van der Waals surface area contributed by atoms with E-state index in [9.17, 15) is 4.39 Å². The molecule has 0 saturated carbocycles. The van der Waals surface area contributed by atoms with Crippen LogP contribution in [0.4, 0.5) is 4.39 Å². The molecule has 2 aromatic carbocycles. The Morgan fingerprint density at radius 3 is 2.00 bits per heavy atom. The van der Waals surface area contributed by atoms with E-state index in [0.717, 1.165) is 11.1 Å². The molecular weight excluding hydrogens is 334 g/mol. The second-order valence-electron chi connectivity index (χ2n) is 5.22. The molecule has 3 aromatic rings. The minimum atomic E-state index is -0.386. The van der Waals surface area contributed by atoms with Gasteiger partial charge in [-0.2, -0.15) is 10.2 Å². The van der Waals surface area contributed by atoms with Crippen LogP contribution in [0.25, 0.3) is 22.3 Å². The second kappa shape index (κ2) is 6.26. The Kier molecular flexibility index (Phi) is 4.33. The van der Waals surface area contributed by atoms with Crippen LogP contribution >= 0.6 is 23.2 Å². The van der Waals surface area contributed by atoms with Crippen LogP contribution in [-0.4, -0.2) is 10.2 Å². The van der Waals surface area contributed by atoms with Gasteiger partial charge in [0.15, 0.2) is 0 Å². The zero-order valence-electron chi connectivity index (χ0n) is 12.6. The van der Waals surface area contributed by atoms with Gasteiger partial charge in [-0.15, -0.1) is 0 Å². The molecule has 5 heteroatoms. The van der Waals surface area contributed by atoms with Crippen LogP contribution < -0.4 is 0 Å². The van der Waals surface area contributed by atoms with E-state index >= 15 is 0 Å². The molecule has 23 heavy (non-hydrogen) atoms. The lowest BCUT2D eigenvalue weighted by molar-refractivity contribution is 0.631. The average Bonchev–Trinajstić information content (AvgIpc) is 2.52. The molecule has 3 rings (SSSR count). The number of rotatable bonds is 2. The molecule has 0 bridgehead atoms. The molecule has 0 spiro atoms. The molecule has 0 amide bonds. The maximum absolute atomic E-state index is 14.5. The first-order chi connectivity index (χ1) is 11.0. The van der Waals surface area contributed by atoms with Gasteiger partial charge < -0.3 is 0 Å². The van der Waals surface area contributed by atoms with E-state index in [1.165, 1.54) is 6.07 Å². The van der Waals surface area contributed by atoms with Gasteiger partial charge in [0.2, 0.25) is 0 Å². The fourth-order valence-electron chi connectivity index (χ4n) is 2.62. The van der Waals surface area contributed by atoms with Crippen LogP contribution in [-0.2, 0) is 0 Å². The van der Waals surface area contributed by atoms with Crippen molar-refractivity contribution in [3.8, 4) is 22.3 Å². The number of halogens is 3. The molecule has 1 aromatic heterocycles. The lowest BCUT2D eigenvalue weighted by Crippen LogP contribution is -2.01. The van der Waals surface area contributed by atoms with Crippen LogP contribution in [0.2, 0.25) is 10.0 Å². The molecule has 0 aliphatic rings. The van der Waals surface area contributed by atoms with Crippen molar-refractivity contribution in [2.24, 2.45) is 0 Å². The molecule has 0 atom stereocenters. The Labute approximate surface area is 143 Å². The standard InChI is InChI=1S/C18H13Cl2FN2/c1-10-16(12-6-8-13(19)9-7-12)17(11(2)23-22-10)18-14(20)4-3-5-15(18)21/h3-9H,1-2H3. The van der Waals surface area contributed by atoms with Crippen molar-refractivity contribution in [2.45, 2.75) is 13.8 Å². The average molecular weight is 347 g/mol. The fraction of sp³-hybridized carbons (Fsp3) is 0.111. The summed E-state index contributed by atoms with van der Waals surface area (Å²) >= 11 is 12.2. The van der Waals surface area contributed by atoms with E-state index < -0.39 is 0 Å². The molecular formula is C18H13Cl2FN2. The van der Waals surface area contributed by atoms with E-state index in [-0.39, 0.29) is 5.82 Å². The third-order valence-corrected chi connectivity index (χ3v) is 4.24. The van der Waals surface area contributed by atoms with Crippen molar-refractivity contribution in [2.75, 3.05) is 0 Å². The second-order valence-corrected chi connectivity index (χ2v) is 6.07. The monoisotopic (exact) mass is 346 g/mol. The predicted molar refractivity (Wildman–Crippen MR) is 92.4 cm³/mol. The fourth-order valence-corrected chi connectivity index (χ4v) is 3.01. The summed E-state index contributed by atoms with van der Waals surface area (Å²) in [5.41, 5.74) is 4.01. The summed E-state index contributed by atoms with van der Waals surface area (Å²) in [4.78, 5) is 0. The Hall–Kier alpha value is -1.97. The van der Waals surface area contributed by atoms with Crippen LogP contribution in [0.3, 0.4) is 0 Å². The van der Waals surface area contributed by atoms with Crippen molar-refractivity contribution < 1.29 is 4.39 Å². The van der Waals surface area contributed by atoms with Gasteiger partial charge in [-0.3, -0.25) is 0 Å². The highest BCUT2D eigenvalue weighted by Gasteiger charge is 2.20. The zero-order valence-corrected chi connectivity index (χ0v) is 14.1. The SMILES string of the molecule is Cc1nnc(C)c(-c2c(F)cccc2Cl)c1-c1ccc(Cl)cc1. The highest BCUT2D eigenvalue weighted by molar-refractivity contribution is 6.33. The number of hydrogen-bond acceptors (Lipinski definition) is 2. The first-order valence-electron chi connectivity index (χ1n) is 7.03. The van der Waals surface area contributed by atoms with Gasteiger partial charge >= 0.3 is 0 Å². The number of benzene rings is 2. The molecule has 0 aliphatic carbocycles. The first kappa shape index (κ1) is 15.9. The maximum Gasteiger partial charge on any atom is 0.132 e. The largest absolute Gasteiger partial charge is 0.206 e. The molecule has 116 valence electrons. The summed E-state index contributed by atoms with van der Waals surface area (Å²) in [6.07, 6.45) is 0. The van der Waals surface area contributed by atoms with E-state index in [1.807, 2.05) is 19.1 Å². The van der Waals surface area contributed by atoms with E-state index in [2.05, 4.69) is 10.2 Å². The molecule has 0 aliphatic heterocycles. The smallest absolute Gasteiger partial charge is 0.132 e. The summed E-state index contributed by atoms with van der Waals surface area (Å²) in [5, 5.41) is 9.29. The first-order valence-corrected chi connectivity index (χ1v) is 7.79. The van der Waals surface area contributed by atoms with Gasteiger partial charge in [-0.05, 0) is 43.7 Å². The highest BCUT2D eigenvalue weighted by Crippen LogP contribution is 2.40. The van der Waals surface area contributed by atoms with Gasteiger partial charge in [0, 0.05) is 21.7 Å². The lowest BCUT2D eigenvalue weighted by Gasteiger charge is -2.16. The zero-order chi connectivity index (χ0) is 16.6. The van der Waals surface area contributed by atoms with E-state index in [4.69, 9.17) is 23.2 Å². The molecule has 0 radical (unpaired) electrons. The minimum Gasteiger partial charge on any atom is -0.206 e. The number of aromatic nitrogens is 2. The molecule has 2 nitrogen and oxygen atoms in total. The van der Waals surface area contributed by atoms with Crippen molar-refractivity contribution in [3.05, 3.63) is 69.7 Å². The topological polar surface area (TPSA) is 25.8 Å². The predicted octanol–water partition coefficient (Wildman–Crippen LogP) is 5.87. The van der Waals surface area contributed by atoms with Crippen molar-refractivity contribution >= 4 is 23.2 Å². The van der Waals surface area contributed by atoms with Crippen molar-refractivity contribution in [1.29, 1.82) is 0 Å². The molecule has 0 N–H and O–H groups in total. The normalized spacial score (nSPS) is 10.8. The third-order valence-electron chi connectivity index (χ3n) is 3.67. The van der Waals surface area contributed by atoms with Gasteiger partial charge in [0.25, 0.3) is 0 Å². The maximum atomic E-state index is 14.5. The molecule has 0 unspecified atom stereocenters. The van der Waals surface area contributed by atoms with Crippen LogP contribution in [0.15, 0.2) is 42.5 Å². The summed E-state index contributed by atoms with van der Waals surface area (Å²) in [6, 6.07) is 12.0. The summed E-state index contributed by atoms with van der Waals surface area (Å²) in [6.45, 7) is 3.64. The lowest BCUT2D eigenvalue weighted by atomic mass is 9.92. The summed E-state index contributed by atoms with van der Waals surface area (Å²) in [5.74, 6) is -0.386. The minimum absolute atomic E-state index is 0.342. The van der Waals surface area contributed by atoms with Crippen LogP contribution in [0.5, 0.6) is 0 Å². The van der Waals surface area contributed by atoms with Gasteiger partial charge in [-0.25, -0.2) is 4.39 Å². The Morgan fingerprint density at radius 1 is 0.783 bits per heavy atom. The van der Waals surface area contributed by atoms with E-state index in [0.29, 0.717) is 32.6 Å². The number of nitrogens with zero attached hydrogens (tertiary/aromatic N) is 2. The molecule has 0 fully saturated rings. The van der Waals surface area contributed by atoms with E-state index in [1.54, 1.807) is 31.2 Å².